The van der Waals surface area contributed by atoms with Crippen LogP contribution >= 0.6 is 0 Å². The van der Waals surface area contributed by atoms with E-state index in [0.717, 1.165) is 17.4 Å². The van der Waals surface area contributed by atoms with Gasteiger partial charge in [0, 0.05) is 6.42 Å². The molecule has 4 nitrogen and oxygen atoms in total. The van der Waals surface area contributed by atoms with Crippen molar-refractivity contribution in [2.24, 2.45) is 16.5 Å². The van der Waals surface area contributed by atoms with Crippen LogP contribution in [0.1, 0.15) is 11.1 Å². The lowest BCUT2D eigenvalue weighted by atomic mass is 10.1. The number of rotatable bonds is 4. The summed E-state index contributed by atoms with van der Waals surface area (Å²) in [7, 11) is 1.50. The summed E-state index contributed by atoms with van der Waals surface area (Å²) in [4.78, 5) is 14.1. The van der Waals surface area contributed by atoms with Gasteiger partial charge in [-0.2, -0.15) is 0 Å². The van der Waals surface area contributed by atoms with Crippen molar-refractivity contribution in [3.8, 4) is 0 Å². The summed E-state index contributed by atoms with van der Waals surface area (Å²) in [5.41, 5.74) is 11.7. The van der Waals surface area contributed by atoms with Crippen LogP contribution < -0.4 is 11.5 Å². The minimum absolute atomic E-state index is 0.473. The third-order valence-electron chi connectivity index (χ3n) is 1.72. The first-order chi connectivity index (χ1) is 7.36. The zero-order chi connectivity index (χ0) is 11.5. The number of aldehydes is 1. The van der Waals surface area contributed by atoms with E-state index in [4.69, 9.17) is 5.73 Å². The molecule has 0 radical (unpaired) electrons. The fourth-order valence-corrected chi connectivity index (χ4v) is 1.04. The van der Waals surface area contributed by atoms with Crippen LogP contribution in [-0.4, -0.2) is 19.7 Å². The Morgan fingerprint density at radius 1 is 1.20 bits per heavy atom. The molecule has 0 saturated carbocycles. The van der Waals surface area contributed by atoms with Crippen molar-refractivity contribution >= 4 is 12.6 Å². The maximum Gasteiger partial charge on any atom is 0.124 e. The monoisotopic (exact) mass is 207 g/mol. The highest BCUT2D eigenvalue weighted by Crippen LogP contribution is 2.05. The largest absolute Gasteiger partial charge is 0.390 e. The molecule has 0 heterocycles. The minimum Gasteiger partial charge on any atom is -0.390 e. The van der Waals surface area contributed by atoms with Crippen molar-refractivity contribution in [1.82, 2.24) is 0 Å². The first-order valence-electron chi connectivity index (χ1n) is 4.66. The summed E-state index contributed by atoms with van der Waals surface area (Å²) in [6.45, 7) is 0.595. The van der Waals surface area contributed by atoms with Crippen LogP contribution in [0.3, 0.4) is 0 Å². The molecule has 1 aromatic rings. The molecule has 1 aromatic carbocycles. The Balaban J connectivity index is 0.000000921. The Bertz CT molecular complexity index is 293. The van der Waals surface area contributed by atoms with E-state index < -0.39 is 0 Å². The van der Waals surface area contributed by atoms with Gasteiger partial charge in [-0.1, -0.05) is 24.3 Å². The summed E-state index contributed by atoms with van der Waals surface area (Å²) in [5, 5.41) is 0. The second-order valence-corrected chi connectivity index (χ2v) is 2.68. The van der Waals surface area contributed by atoms with Crippen molar-refractivity contribution in [3.05, 3.63) is 35.4 Å². The standard InChI is InChI=1S/C10H12N2O.CH5N/c11-8-12-7-10-3-1-9(2-4-10)5-6-13;1-2/h1-4,6,8H,5,7H2,(H2,11,12);2H2,1H3. The second kappa shape index (κ2) is 8.90. The van der Waals surface area contributed by atoms with E-state index in [0.29, 0.717) is 13.0 Å². The third kappa shape index (κ3) is 5.59. The number of hydrogen-bond acceptors (Lipinski definition) is 3. The van der Waals surface area contributed by atoms with Crippen LogP contribution in [0.15, 0.2) is 29.3 Å². The number of carbonyl (C=O) groups is 1. The van der Waals surface area contributed by atoms with E-state index in [1.54, 1.807) is 0 Å². The normalized spacial score (nSPS) is 9.47. The summed E-state index contributed by atoms with van der Waals surface area (Å²) in [6.07, 6.45) is 2.66. The van der Waals surface area contributed by atoms with Crippen LogP contribution in [0, 0.1) is 0 Å². The molecule has 0 spiro atoms. The molecule has 0 bridgehead atoms. The van der Waals surface area contributed by atoms with Gasteiger partial charge < -0.3 is 16.3 Å². The fraction of sp³-hybridized carbons (Fsp3) is 0.273. The molecule has 82 valence electrons. The number of hydrogen-bond donors (Lipinski definition) is 2. The average molecular weight is 207 g/mol. The molecule has 0 aromatic heterocycles. The SMILES string of the molecule is CN.NC=NCc1ccc(CC=O)cc1. The van der Waals surface area contributed by atoms with Gasteiger partial charge in [0.2, 0.25) is 0 Å². The molecule has 0 aliphatic carbocycles. The van der Waals surface area contributed by atoms with Crippen LogP contribution in [-0.2, 0) is 17.8 Å². The molecule has 4 N–H and O–H groups in total. The third-order valence-corrected chi connectivity index (χ3v) is 1.72. The highest BCUT2D eigenvalue weighted by molar-refractivity contribution is 5.55. The molecule has 4 heteroatoms. The Hall–Kier alpha value is -1.68. The molecule has 0 aliphatic heterocycles. The van der Waals surface area contributed by atoms with Crippen molar-refractivity contribution in [3.63, 3.8) is 0 Å². The molecule has 0 saturated heterocycles. The average Bonchev–Trinajstić information content (AvgIpc) is 2.31. The fourth-order valence-electron chi connectivity index (χ4n) is 1.04. The van der Waals surface area contributed by atoms with Crippen LogP contribution in [0.4, 0.5) is 0 Å². The van der Waals surface area contributed by atoms with Gasteiger partial charge in [-0.3, -0.25) is 4.99 Å². The lowest BCUT2D eigenvalue weighted by Crippen LogP contribution is -1.91. The highest BCUT2D eigenvalue weighted by atomic mass is 16.1. The van der Waals surface area contributed by atoms with E-state index in [1.807, 2.05) is 24.3 Å². The van der Waals surface area contributed by atoms with Gasteiger partial charge in [-0.15, -0.1) is 0 Å². The zero-order valence-electron chi connectivity index (χ0n) is 8.89. The number of nitrogens with two attached hydrogens (primary N) is 2. The second-order valence-electron chi connectivity index (χ2n) is 2.68. The molecule has 15 heavy (non-hydrogen) atoms. The smallest absolute Gasteiger partial charge is 0.124 e. The van der Waals surface area contributed by atoms with Gasteiger partial charge in [0.05, 0.1) is 12.9 Å². The quantitative estimate of drug-likeness (QED) is 0.428. The summed E-state index contributed by atoms with van der Waals surface area (Å²) >= 11 is 0. The topological polar surface area (TPSA) is 81.5 Å². The summed E-state index contributed by atoms with van der Waals surface area (Å²) < 4.78 is 0. The lowest BCUT2D eigenvalue weighted by Gasteiger charge is -1.97. The number of nitrogens with zero attached hydrogens (tertiary/aromatic N) is 1. The van der Waals surface area contributed by atoms with E-state index >= 15 is 0 Å². The van der Waals surface area contributed by atoms with Gasteiger partial charge in [0.1, 0.15) is 6.29 Å². The van der Waals surface area contributed by atoms with E-state index in [2.05, 4.69) is 10.7 Å². The number of carbonyl (C=O) groups excluding carboxylic acids is 1. The van der Waals surface area contributed by atoms with Gasteiger partial charge in [0.15, 0.2) is 0 Å². The molecule has 0 fully saturated rings. The first-order valence-corrected chi connectivity index (χ1v) is 4.66. The molecular formula is C11H17N3O. The highest BCUT2D eigenvalue weighted by Gasteiger charge is 1.92. The lowest BCUT2D eigenvalue weighted by molar-refractivity contribution is -0.107. The minimum atomic E-state index is 0.473. The predicted octanol–water partition coefficient (Wildman–Crippen LogP) is 0.490. The Kier molecular flexibility index (Phi) is 7.90. The van der Waals surface area contributed by atoms with Gasteiger partial charge in [-0.25, -0.2) is 0 Å². The van der Waals surface area contributed by atoms with Gasteiger partial charge >= 0.3 is 0 Å². The van der Waals surface area contributed by atoms with Crippen molar-refractivity contribution in [2.75, 3.05) is 7.05 Å². The molecule has 0 aliphatic rings. The van der Waals surface area contributed by atoms with Crippen LogP contribution in [0.2, 0.25) is 0 Å². The van der Waals surface area contributed by atoms with Crippen LogP contribution in [0.25, 0.3) is 0 Å². The molecule has 0 unspecified atom stereocenters. The Morgan fingerprint density at radius 2 is 1.73 bits per heavy atom. The maximum absolute atomic E-state index is 10.2. The van der Waals surface area contributed by atoms with E-state index in [9.17, 15) is 4.79 Å². The molecule has 0 atom stereocenters. The van der Waals surface area contributed by atoms with E-state index in [1.165, 1.54) is 13.4 Å². The van der Waals surface area contributed by atoms with Crippen molar-refractivity contribution in [1.29, 1.82) is 0 Å². The molecule has 0 amide bonds. The first kappa shape index (κ1) is 13.3. The number of benzene rings is 1. The predicted molar refractivity (Wildman–Crippen MR) is 62.7 cm³/mol. The Labute approximate surface area is 90.0 Å². The molecule has 1 rings (SSSR count). The van der Waals surface area contributed by atoms with Gasteiger partial charge in [0.25, 0.3) is 0 Å². The summed E-state index contributed by atoms with van der Waals surface area (Å²) in [5.74, 6) is 0. The van der Waals surface area contributed by atoms with Crippen molar-refractivity contribution in [2.45, 2.75) is 13.0 Å². The molecular weight excluding hydrogens is 190 g/mol. The van der Waals surface area contributed by atoms with Gasteiger partial charge in [-0.05, 0) is 18.2 Å². The van der Waals surface area contributed by atoms with E-state index in [-0.39, 0.29) is 0 Å². The maximum atomic E-state index is 10.2. The Morgan fingerprint density at radius 3 is 2.20 bits per heavy atom. The van der Waals surface area contributed by atoms with Crippen LogP contribution in [0.5, 0.6) is 0 Å². The number of aliphatic imine (C=N–C) groups is 1. The summed E-state index contributed by atoms with van der Waals surface area (Å²) in [6, 6.07) is 7.75. The van der Waals surface area contributed by atoms with Crippen molar-refractivity contribution < 1.29 is 4.79 Å². The zero-order valence-corrected chi connectivity index (χ0v) is 8.89.